The van der Waals surface area contributed by atoms with Crippen LogP contribution in [0.4, 0.5) is 0 Å². The molecule has 0 atom stereocenters. The molecule has 0 amide bonds. The number of benzene rings is 1. The van der Waals surface area contributed by atoms with Gasteiger partial charge in [0.1, 0.15) is 0 Å². The van der Waals surface area contributed by atoms with E-state index in [1.807, 2.05) is 0 Å². The zero-order chi connectivity index (χ0) is 17.7. The Morgan fingerprint density at radius 2 is 2.04 bits per heavy atom. The van der Waals surface area contributed by atoms with Gasteiger partial charge in [-0.2, -0.15) is 0 Å². The van der Waals surface area contributed by atoms with E-state index in [1.165, 1.54) is 22.0 Å². The van der Waals surface area contributed by atoms with Gasteiger partial charge in [-0.15, -0.1) is 24.0 Å². The Morgan fingerprint density at radius 3 is 2.69 bits per heavy atom. The summed E-state index contributed by atoms with van der Waals surface area (Å²) in [5, 5.41) is 8.12. The Bertz CT molecular complexity index is 736. The standard InChI is InChI=1S/C20H30N4O.HI/c1-4-15-7-6-8-17-16(11-23-18(15)17)9-10-22-19(21-5-2)24-12-20(3)13-25-14-20;/h6-8,11,23H,4-5,9-10,12-14H2,1-3H3,(H2,21,22,24);1H. The molecule has 6 heteroatoms. The predicted molar refractivity (Wildman–Crippen MR) is 120 cm³/mol. The number of nitrogens with one attached hydrogen (secondary N) is 3. The van der Waals surface area contributed by atoms with Gasteiger partial charge in [0.15, 0.2) is 5.96 Å². The van der Waals surface area contributed by atoms with Crippen LogP contribution in [0, 0.1) is 5.41 Å². The summed E-state index contributed by atoms with van der Waals surface area (Å²) in [5.41, 5.74) is 4.21. The van der Waals surface area contributed by atoms with Gasteiger partial charge < -0.3 is 20.4 Å². The molecular weight excluding hydrogens is 439 g/mol. The molecule has 1 aromatic carbocycles. The van der Waals surface area contributed by atoms with Crippen molar-refractivity contribution >= 4 is 40.8 Å². The molecule has 3 rings (SSSR count). The first-order valence-electron chi connectivity index (χ1n) is 9.33. The fourth-order valence-corrected chi connectivity index (χ4v) is 3.25. The minimum absolute atomic E-state index is 0. The average Bonchev–Trinajstić information content (AvgIpc) is 3.01. The fourth-order valence-electron chi connectivity index (χ4n) is 3.25. The van der Waals surface area contributed by atoms with Crippen LogP contribution in [0.25, 0.3) is 10.9 Å². The Balaban J connectivity index is 0.00000243. The number of fused-ring (bicyclic) bond motifs is 1. The average molecular weight is 470 g/mol. The lowest BCUT2D eigenvalue weighted by atomic mass is 9.89. The van der Waals surface area contributed by atoms with E-state index >= 15 is 0 Å². The van der Waals surface area contributed by atoms with Crippen molar-refractivity contribution < 1.29 is 4.74 Å². The van der Waals surface area contributed by atoms with Gasteiger partial charge in [-0.3, -0.25) is 4.99 Å². The molecule has 0 saturated carbocycles. The number of aromatic amines is 1. The summed E-state index contributed by atoms with van der Waals surface area (Å²) in [6.45, 7) is 10.7. The molecule has 0 unspecified atom stereocenters. The molecule has 1 fully saturated rings. The first-order valence-corrected chi connectivity index (χ1v) is 9.33. The predicted octanol–water partition coefficient (Wildman–Crippen LogP) is 3.48. The molecule has 144 valence electrons. The third kappa shape index (κ3) is 4.91. The van der Waals surface area contributed by atoms with Gasteiger partial charge in [0, 0.05) is 35.6 Å². The molecule has 2 aromatic rings. The topological polar surface area (TPSA) is 61.4 Å². The Labute approximate surface area is 173 Å². The number of guanidine groups is 1. The first-order chi connectivity index (χ1) is 12.1. The molecule has 1 saturated heterocycles. The van der Waals surface area contributed by atoms with Crippen molar-refractivity contribution in [2.45, 2.75) is 33.6 Å². The van der Waals surface area contributed by atoms with Crippen molar-refractivity contribution in [3.05, 3.63) is 35.5 Å². The number of nitrogens with zero attached hydrogens (tertiary/aromatic N) is 1. The number of para-hydroxylation sites is 1. The van der Waals surface area contributed by atoms with E-state index < -0.39 is 0 Å². The van der Waals surface area contributed by atoms with Gasteiger partial charge in [0.05, 0.1) is 19.8 Å². The van der Waals surface area contributed by atoms with E-state index in [4.69, 9.17) is 9.73 Å². The normalized spacial score (nSPS) is 16.0. The lowest BCUT2D eigenvalue weighted by molar-refractivity contribution is -0.0945. The van der Waals surface area contributed by atoms with Crippen molar-refractivity contribution in [1.29, 1.82) is 0 Å². The second-order valence-electron chi connectivity index (χ2n) is 7.18. The second kappa shape index (κ2) is 9.60. The van der Waals surface area contributed by atoms with Crippen LogP contribution < -0.4 is 10.6 Å². The number of halogens is 1. The summed E-state index contributed by atoms with van der Waals surface area (Å²) in [4.78, 5) is 8.17. The van der Waals surface area contributed by atoms with Crippen molar-refractivity contribution in [3.8, 4) is 0 Å². The van der Waals surface area contributed by atoms with Crippen LogP contribution in [0.1, 0.15) is 31.9 Å². The van der Waals surface area contributed by atoms with Crippen LogP contribution in [0.5, 0.6) is 0 Å². The van der Waals surface area contributed by atoms with Crippen LogP contribution >= 0.6 is 24.0 Å². The van der Waals surface area contributed by atoms with E-state index in [1.54, 1.807) is 0 Å². The molecule has 26 heavy (non-hydrogen) atoms. The largest absolute Gasteiger partial charge is 0.380 e. The molecule has 1 aliphatic heterocycles. The molecule has 0 bridgehead atoms. The van der Waals surface area contributed by atoms with Crippen molar-refractivity contribution in [2.75, 3.05) is 32.8 Å². The number of ether oxygens (including phenoxy) is 1. The molecule has 1 aliphatic rings. The summed E-state index contributed by atoms with van der Waals surface area (Å²) in [7, 11) is 0. The number of H-pyrrole nitrogens is 1. The maximum atomic E-state index is 5.31. The van der Waals surface area contributed by atoms with Crippen LogP contribution in [0.15, 0.2) is 29.4 Å². The zero-order valence-corrected chi connectivity index (χ0v) is 18.4. The number of aryl methyl sites for hydroxylation is 1. The highest BCUT2D eigenvalue weighted by atomic mass is 127. The number of hydrogen-bond acceptors (Lipinski definition) is 2. The SMILES string of the molecule is CCNC(=NCC1(C)COC1)NCCc1c[nH]c2c(CC)cccc12.I. The van der Waals surface area contributed by atoms with Gasteiger partial charge in [-0.1, -0.05) is 32.0 Å². The third-order valence-electron chi connectivity index (χ3n) is 4.82. The summed E-state index contributed by atoms with van der Waals surface area (Å²) in [6.07, 6.45) is 4.16. The quantitative estimate of drug-likeness (QED) is 0.330. The summed E-state index contributed by atoms with van der Waals surface area (Å²) in [5.74, 6) is 0.893. The van der Waals surface area contributed by atoms with E-state index in [9.17, 15) is 0 Å². The lowest BCUT2D eigenvalue weighted by Crippen LogP contribution is -2.44. The lowest BCUT2D eigenvalue weighted by Gasteiger charge is -2.36. The van der Waals surface area contributed by atoms with Crippen molar-refractivity contribution in [1.82, 2.24) is 15.6 Å². The number of aliphatic imine (C=N–C) groups is 1. The maximum Gasteiger partial charge on any atom is 0.191 e. The molecule has 0 aliphatic carbocycles. The van der Waals surface area contributed by atoms with Gasteiger partial charge in [0.2, 0.25) is 0 Å². The molecule has 5 nitrogen and oxygen atoms in total. The molecule has 0 radical (unpaired) electrons. The highest BCUT2D eigenvalue weighted by Crippen LogP contribution is 2.26. The number of hydrogen-bond donors (Lipinski definition) is 3. The van der Waals surface area contributed by atoms with Crippen LogP contribution in [-0.2, 0) is 17.6 Å². The van der Waals surface area contributed by atoms with E-state index in [0.717, 1.165) is 51.6 Å². The van der Waals surface area contributed by atoms with E-state index in [2.05, 4.69) is 60.8 Å². The monoisotopic (exact) mass is 470 g/mol. The first kappa shape index (κ1) is 21.0. The minimum Gasteiger partial charge on any atom is -0.380 e. The van der Waals surface area contributed by atoms with Gasteiger partial charge in [0.25, 0.3) is 0 Å². The maximum absolute atomic E-state index is 5.31. The fraction of sp³-hybridized carbons (Fsp3) is 0.550. The van der Waals surface area contributed by atoms with Crippen LogP contribution in [0.2, 0.25) is 0 Å². The zero-order valence-electron chi connectivity index (χ0n) is 16.0. The van der Waals surface area contributed by atoms with Crippen LogP contribution in [-0.4, -0.2) is 43.8 Å². The van der Waals surface area contributed by atoms with E-state index in [0.29, 0.717) is 0 Å². The molecule has 2 heterocycles. The number of aromatic nitrogens is 1. The van der Waals surface area contributed by atoms with E-state index in [-0.39, 0.29) is 29.4 Å². The molecule has 0 spiro atoms. The summed E-state index contributed by atoms with van der Waals surface area (Å²) < 4.78 is 5.31. The molecular formula is C20H31IN4O. The van der Waals surface area contributed by atoms with Gasteiger partial charge in [-0.05, 0) is 30.9 Å². The van der Waals surface area contributed by atoms with Crippen molar-refractivity contribution in [3.63, 3.8) is 0 Å². The summed E-state index contributed by atoms with van der Waals surface area (Å²) >= 11 is 0. The molecule has 1 aromatic heterocycles. The van der Waals surface area contributed by atoms with Gasteiger partial charge in [-0.25, -0.2) is 0 Å². The number of rotatable bonds is 7. The molecule has 3 N–H and O–H groups in total. The smallest absolute Gasteiger partial charge is 0.191 e. The van der Waals surface area contributed by atoms with Crippen LogP contribution in [0.3, 0.4) is 0 Å². The third-order valence-corrected chi connectivity index (χ3v) is 4.82. The second-order valence-corrected chi connectivity index (χ2v) is 7.18. The highest BCUT2D eigenvalue weighted by molar-refractivity contribution is 14.0. The highest BCUT2D eigenvalue weighted by Gasteiger charge is 2.33. The van der Waals surface area contributed by atoms with Crippen molar-refractivity contribution in [2.24, 2.45) is 10.4 Å². The summed E-state index contributed by atoms with van der Waals surface area (Å²) in [6, 6.07) is 6.55. The van der Waals surface area contributed by atoms with Gasteiger partial charge >= 0.3 is 0 Å². The Morgan fingerprint density at radius 1 is 1.23 bits per heavy atom. The Hall–Kier alpha value is -1.28. The Kier molecular flexibility index (Phi) is 7.76. The minimum atomic E-state index is 0.